The molecule has 0 aromatic carbocycles. The fraction of sp³-hybridized carbons (Fsp3) is 0.765. The minimum absolute atomic E-state index is 0.328. The summed E-state index contributed by atoms with van der Waals surface area (Å²) in [6.45, 7) is 14.4. The molecule has 2 aliphatic rings. The van der Waals surface area contributed by atoms with Crippen LogP contribution in [0.4, 0.5) is 9.59 Å². The topological polar surface area (TPSA) is 108 Å². The summed E-state index contributed by atoms with van der Waals surface area (Å²) in [7, 11) is -0.342. The maximum Gasteiger partial charge on any atom is 0.490 e. The summed E-state index contributed by atoms with van der Waals surface area (Å²) < 4.78 is 11.9. The maximum atomic E-state index is 10.8. The summed E-state index contributed by atoms with van der Waals surface area (Å²) in [6.07, 6.45) is 0.722. The van der Waals surface area contributed by atoms with E-state index in [0.29, 0.717) is 19.5 Å². The first kappa shape index (κ1) is 22.3. The molecule has 0 spiro atoms. The van der Waals surface area contributed by atoms with E-state index in [1.165, 1.54) is 4.90 Å². The van der Waals surface area contributed by atoms with E-state index in [4.69, 9.17) is 19.5 Å². The number of hydrogen-bond donors (Lipinski definition) is 3. The zero-order valence-corrected chi connectivity index (χ0v) is 16.8. The van der Waals surface area contributed by atoms with Crippen molar-refractivity contribution >= 4 is 19.3 Å². The van der Waals surface area contributed by atoms with Crippen molar-refractivity contribution in [3.05, 3.63) is 11.5 Å². The van der Waals surface area contributed by atoms with Crippen LogP contribution in [0.1, 0.15) is 54.9 Å². The van der Waals surface area contributed by atoms with Crippen LogP contribution in [0.2, 0.25) is 0 Å². The normalized spacial score (nSPS) is 21.4. The molecule has 0 aromatic rings. The van der Waals surface area contributed by atoms with Gasteiger partial charge in [-0.3, -0.25) is 0 Å². The van der Waals surface area contributed by atoms with Crippen LogP contribution in [0.25, 0.3) is 0 Å². The summed E-state index contributed by atoms with van der Waals surface area (Å²) in [5.41, 5.74) is 0.0302. The van der Waals surface area contributed by atoms with Gasteiger partial charge >= 0.3 is 19.3 Å². The van der Waals surface area contributed by atoms with Gasteiger partial charge in [0.1, 0.15) is 0 Å². The standard InChI is InChI=1S/C12H20BNO4.C5H11NO2/c1-11(2)12(3,4)18-13(17-11)9-5-7-14(8-6-9)10(15)16;1-5(2,3)6-4(7)8/h5H,6-8H2,1-4H3,(H,15,16);6H,1-3H3,(H,7,8). The monoisotopic (exact) mass is 370 g/mol. The van der Waals surface area contributed by atoms with Crippen molar-refractivity contribution < 1.29 is 29.1 Å². The largest absolute Gasteiger partial charge is 0.490 e. The van der Waals surface area contributed by atoms with Crippen molar-refractivity contribution in [2.45, 2.75) is 71.6 Å². The molecule has 2 heterocycles. The fourth-order valence-electron chi connectivity index (χ4n) is 2.39. The second-order valence-electron chi connectivity index (χ2n) is 8.53. The fourth-order valence-corrected chi connectivity index (χ4v) is 2.39. The predicted octanol–water partition coefficient (Wildman–Crippen LogP) is 2.98. The summed E-state index contributed by atoms with van der Waals surface area (Å²) in [5, 5.41) is 19.3. The summed E-state index contributed by atoms with van der Waals surface area (Å²) in [5.74, 6) is 0. The lowest BCUT2D eigenvalue weighted by Gasteiger charge is -2.32. The van der Waals surface area contributed by atoms with Crippen LogP contribution in [0, 0.1) is 0 Å². The molecule has 3 N–H and O–H groups in total. The molecular formula is C17H31BN2O6. The zero-order chi connectivity index (χ0) is 20.3. The molecule has 0 atom stereocenters. The second kappa shape index (κ2) is 7.88. The molecule has 0 aliphatic carbocycles. The van der Waals surface area contributed by atoms with Crippen molar-refractivity contribution in [2.75, 3.05) is 13.1 Å². The minimum Gasteiger partial charge on any atom is -0.465 e. The van der Waals surface area contributed by atoms with Gasteiger partial charge in [-0.25, -0.2) is 9.59 Å². The van der Waals surface area contributed by atoms with Crippen molar-refractivity contribution in [2.24, 2.45) is 0 Å². The highest BCUT2D eigenvalue weighted by Gasteiger charge is 2.52. The van der Waals surface area contributed by atoms with Gasteiger partial charge in [0.05, 0.1) is 11.2 Å². The van der Waals surface area contributed by atoms with Crippen LogP contribution in [0.15, 0.2) is 11.5 Å². The molecule has 9 heteroatoms. The van der Waals surface area contributed by atoms with Crippen molar-refractivity contribution in [3.8, 4) is 0 Å². The first-order valence-electron chi connectivity index (χ1n) is 8.68. The van der Waals surface area contributed by atoms with E-state index in [1.54, 1.807) is 20.8 Å². The predicted molar refractivity (Wildman–Crippen MR) is 99.3 cm³/mol. The smallest absolute Gasteiger partial charge is 0.465 e. The Morgan fingerprint density at radius 1 is 1.15 bits per heavy atom. The highest BCUT2D eigenvalue weighted by Crippen LogP contribution is 2.39. The Balaban J connectivity index is 0.000000359. The number of carboxylic acid groups (broad SMARTS) is 2. The van der Waals surface area contributed by atoms with Crippen LogP contribution in [0.3, 0.4) is 0 Å². The van der Waals surface area contributed by atoms with E-state index >= 15 is 0 Å². The number of nitrogens with zero attached hydrogens (tertiary/aromatic N) is 1. The number of nitrogens with one attached hydrogen (secondary N) is 1. The lowest BCUT2D eigenvalue weighted by atomic mass is 9.75. The summed E-state index contributed by atoms with van der Waals surface area (Å²) in [4.78, 5) is 22.1. The van der Waals surface area contributed by atoms with Gasteiger partial charge in [0.15, 0.2) is 0 Å². The Bertz CT molecular complexity index is 552. The molecule has 2 aliphatic heterocycles. The van der Waals surface area contributed by atoms with Gasteiger partial charge in [0, 0.05) is 18.6 Å². The molecule has 0 unspecified atom stereocenters. The molecule has 0 bridgehead atoms. The highest BCUT2D eigenvalue weighted by molar-refractivity contribution is 6.54. The van der Waals surface area contributed by atoms with Gasteiger partial charge in [-0.15, -0.1) is 0 Å². The molecule has 2 amide bonds. The highest BCUT2D eigenvalue weighted by atomic mass is 16.7. The van der Waals surface area contributed by atoms with Gasteiger partial charge in [-0.1, -0.05) is 6.08 Å². The number of amides is 2. The van der Waals surface area contributed by atoms with Crippen LogP contribution in [-0.2, 0) is 9.31 Å². The average molecular weight is 370 g/mol. The van der Waals surface area contributed by atoms with Crippen LogP contribution < -0.4 is 5.32 Å². The Labute approximate surface area is 155 Å². The zero-order valence-electron chi connectivity index (χ0n) is 16.8. The minimum atomic E-state index is -0.975. The van der Waals surface area contributed by atoms with Crippen LogP contribution in [-0.4, -0.2) is 64.2 Å². The van der Waals surface area contributed by atoms with Crippen molar-refractivity contribution in [3.63, 3.8) is 0 Å². The average Bonchev–Trinajstić information content (AvgIpc) is 2.65. The molecule has 0 radical (unpaired) electrons. The molecule has 2 rings (SSSR count). The van der Waals surface area contributed by atoms with Gasteiger partial charge < -0.3 is 29.7 Å². The number of rotatable bonds is 1. The summed E-state index contributed by atoms with van der Waals surface area (Å²) in [6, 6.07) is 0. The summed E-state index contributed by atoms with van der Waals surface area (Å²) >= 11 is 0. The molecule has 0 saturated carbocycles. The van der Waals surface area contributed by atoms with E-state index in [2.05, 4.69) is 5.32 Å². The Hall–Kier alpha value is -1.74. The van der Waals surface area contributed by atoms with E-state index < -0.39 is 12.2 Å². The Morgan fingerprint density at radius 3 is 1.92 bits per heavy atom. The van der Waals surface area contributed by atoms with Crippen molar-refractivity contribution in [1.82, 2.24) is 10.2 Å². The SMILES string of the molecule is CC(C)(C)NC(=O)O.CC1(C)OB(C2=CCN(C(=O)O)CC2)OC1(C)C. The van der Waals surface area contributed by atoms with Crippen LogP contribution in [0.5, 0.6) is 0 Å². The molecular weight excluding hydrogens is 339 g/mol. The van der Waals surface area contributed by atoms with Gasteiger partial charge in [0.25, 0.3) is 0 Å². The van der Waals surface area contributed by atoms with E-state index in [-0.39, 0.29) is 23.9 Å². The van der Waals surface area contributed by atoms with E-state index in [9.17, 15) is 9.59 Å². The quantitative estimate of drug-likeness (QED) is 0.613. The van der Waals surface area contributed by atoms with Crippen LogP contribution >= 0.6 is 0 Å². The van der Waals surface area contributed by atoms with E-state index in [1.807, 2.05) is 33.8 Å². The Morgan fingerprint density at radius 2 is 1.65 bits per heavy atom. The lowest BCUT2D eigenvalue weighted by molar-refractivity contribution is 0.00578. The van der Waals surface area contributed by atoms with Gasteiger partial charge in [-0.2, -0.15) is 0 Å². The lowest BCUT2D eigenvalue weighted by Crippen LogP contribution is -2.41. The number of carbonyl (C=O) groups is 2. The first-order chi connectivity index (χ1) is 11.6. The molecule has 1 fully saturated rings. The third kappa shape index (κ3) is 6.21. The first-order valence-corrected chi connectivity index (χ1v) is 8.68. The van der Waals surface area contributed by atoms with E-state index in [0.717, 1.165) is 5.47 Å². The molecule has 148 valence electrons. The molecule has 1 saturated heterocycles. The second-order valence-corrected chi connectivity index (χ2v) is 8.53. The molecule has 8 nitrogen and oxygen atoms in total. The van der Waals surface area contributed by atoms with Gasteiger partial charge in [0.2, 0.25) is 0 Å². The molecule has 0 aromatic heterocycles. The third-order valence-electron chi connectivity index (χ3n) is 4.55. The third-order valence-corrected chi connectivity index (χ3v) is 4.55. The van der Waals surface area contributed by atoms with Crippen molar-refractivity contribution in [1.29, 1.82) is 0 Å². The Kier molecular flexibility index (Phi) is 6.76. The number of hydrogen-bond acceptors (Lipinski definition) is 4. The molecule has 26 heavy (non-hydrogen) atoms. The maximum absolute atomic E-state index is 10.8. The van der Waals surface area contributed by atoms with Gasteiger partial charge in [-0.05, 0) is 60.4 Å².